The van der Waals surface area contributed by atoms with Gasteiger partial charge in [-0.3, -0.25) is 10.1 Å². The Morgan fingerprint density at radius 2 is 2.33 bits per heavy atom. The Bertz CT molecular complexity index is 721. The molecule has 24 heavy (non-hydrogen) atoms. The largest absolute Gasteiger partial charge is 0.481 e. The second-order valence-electron chi connectivity index (χ2n) is 4.89. The SMILES string of the molecule is C=CCSc1nnc(NC(=O)[C@H](CC)Oc2ccc(Cl)c(C)c2)s1. The fraction of sp³-hybridized carbons (Fsp3) is 0.312. The average Bonchev–Trinajstić information content (AvgIpc) is 3.01. The maximum Gasteiger partial charge on any atom is 0.267 e. The monoisotopic (exact) mass is 383 g/mol. The first-order valence-electron chi connectivity index (χ1n) is 7.34. The number of nitrogens with zero attached hydrogens (tertiary/aromatic N) is 2. The lowest BCUT2D eigenvalue weighted by Crippen LogP contribution is -2.32. The first kappa shape index (κ1) is 18.8. The molecule has 0 aliphatic heterocycles. The van der Waals surface area contributed by atoms with E-state index in [2.05, 4.69) is 22.1 Å². The number of halogens is 1. The van der Waals surface area contributed by atoms with Crippen molar-refractivity contribution in [1.82, 2.24) is 10.2 Å². The predicted molar refractivity (Wildman–Crippen MR) is 100 cm³/mol. The highest BCUT2D eigenvalue weighted by Gasteiger charge is 2.20. The van der Waals surface area contributed by atoms with Crippen molar-refractivity contribution >= 4 is 45.7 Å². The number of amides is 1. The van der Waals surface area contributed by atoms with E-state index in [-0.39, 0.29) is 5.91 Å². The number of carbonyl (C=O) groups excluding carboxylic acids is 1. The van der Waals surface area contributed by atoms with Crippen LogP contribution in [0.4, 0.5) is 5.13 Å². The standard InChI is InChI=1S/C16H18ClN3O2S2/c1-4-8-23-16-20-19-15(24-16)18-14(21)13(5-2)22-11-6-7-12(17)10(3)9-11/h4,6-7,9,13H,1,5,8H2,2-3H3,(H,18,19,21)/t13-/m0/s1. The van der Waals surface area contributed by atoms with Crippen molar-refractivity contribution in [3.05, 3.63) is 41.4 Å². The third kappa shape index (κ3) is 5.22. The number of aromatic nitrogens is 2. The number of nitrogens with one attached hydrogen (secondary N) is 1. The molecular formula is C16H18ClN3O2S2. The van der Waals surface area contributed by atoms with Gasteiger partial charge in [0.1, 0.15) is 5.75 Å². The minimum Gasteiger partial charge on any atom is -0.481 e. The van der Waals surface area contributed by atoms with Gasteiger partial charge in [0.25, 0.3) is 5.91 Å². The highest BCUT2D eigenvalue weighted by Crippen LogP contribution is 2.26. The van der Waals surface area contributed by atoms with Crippen LogP contribution in [0.15, 0.2) is 35.2 Å². The van der Waals surface area contributed by atoms with Crippen LogP contribution in [0.2, 0.25) is 5.02 Å². The Morgan fingerprint density at radius 3 is 3.00 bits per heavy atom. The summed E-state index contributed by atoms with van der Waals surface area (Å²) in [6, 6.07) is 5.32. The smallest absolute Gasteiger partial charge is 0.267 e. The Labute approximate surface area is 154 Å². The number of benzene rings is 1. The lowest BCUT2D eigenvalue weighted by Gasteiger charge is -2.16. The molecule has 0 radical (unpaired) electrons. The third-order valence-electron chi connectivity index (χ3n) is 3.03. The molecule has 0 aliphatic carbocycles. The number of hydrogen-bond donors (Lipinski definition) is 1. The van der Waals surface area contributed by atoms with Crippen LogP contribution in [0.25, 0.3) is 0 Å². The van der Waals surface area contributed by atoms with E-state index < -0.39 is 6.10 Å². The first-order chi connectivity index (χ1) is 11.5. The first-order valence-corrected chi connectivity index (χ1v) is 9.52. The van der Waals surface area contributed by atoms with E-state index in [0.29, 0.717) is 22.3 Å². The van der Waals surface area contributed by atoms with E-state index in [0.717, 1.165) is 15.7 Å². The molecule has 1 aromatic heterocycles. The topological polar surface area (TPSA) is 64.1 Å². The van der Waals surface area contributed by atoms with Crippen LogP contribution in [-0.4, -0.2) is 28.0 Å². The summed E-state index contributed by atoms with van der Waals surface area (Å²) >= 11 is 8.85. The van der Waals surface area contributed by atoms with Crippen LogP contribution < -0.4 is 10.1 Å². The molecule has 0 spiro atoms. The Balaban J connectivity index is 1.99. The summed E-state index contributed by atoms with van der Waals surface area (Å²) in [6.45, 7) is 7.43. The summed E-state index contributed by atoms with van der Waals surface area (Å²) in [7, 11) is 0. The van der Waals surface area contributed by atoms with Gasteiger partial charge in [-0.25, -0.2) is 0 Å². The highest BCUT2D eigenvalue weighted by atomic mass is 35.5. The molecule has 0 fully saturated rings. The van der Waals surface area contributed by atoms with Crippen LogP contribution in [-0.2, 0) is 4.79 Å². The van der Waals surface area contributed by atoms with Crippen LogP contribution >= 0.6 is 34.7 Å². The summed E-state index contributed by atoms with van der Waals surface area (Å²) in [4.78, 5) is 12.4. The Kier molecular flexibility index (Phi) is 7.08. The summed E-state index contributed by atoms with van der Waals surface area (Å²) in [5.74, 6) is 1.11. The van der Waals surface area contributed by atoms with Crippen molar-refractivity contribution < 1.29 is 9.53 Å². The molecule has 2 aromatic rings. The van der Waals surface area contributed by atoms with Gasteiger partial charge in [0.05, 0.1) is 0 Å². The average molecular weight is 384 g/mol. The van der Waals surface area contributed by atoms with Crippen molar-refractivity contribution in [2.75, 3.05) is 11.1 Å². The van der Waals surface area contributed by atoms with Crippen LogP contribution in [0, 0.1) is 6.92 Å². The Hall–Kier alpha value is -1.57. The molecule has 1 aromatic carbocycles. The second-order valence-corrected chi connectivity index (χ2v) is 7.54. The molecule has 1 N–H and O–H groups in total. The molecule has 1 atom stereocenters. The minimum absolute atomic E-state index is 0.249. The molecule has 128 valence electrons. The minimum atomic E-state index is -0.612. The van der Waals surface area contributed by atoms with Gasteiger partial charge in [0.15, 0.2) is 10.4 Å². The zero-order chi connectivity index (χ0) is 17.5. The molecule has 0 saturated heterocycles. The lowest BCUT2D eigenvalue weighted by molar-refractivity contribution is -0.122. The number of carbonyl (C=O) groups is 1. The van der Waals surface area contributed by atoms with Crippen LogP contribution in [0.3, 0.4) is 0 Å². The number of hydrogen-bond acceptors (Lipinski definition) is 6. The fourth-order valence-electron chi connectivity index (χ4n) is 1.81. The summed E-state index contributed by atoms with van der Waals surface area (Å²) in [6.07, 6.45) is 1.71. The molecule has 8 heteroatoms. The van der Waals surface area contributed by atoms with Crippen LogP contribution in [0.1, 0.15) is 18.9 Å². The predicted octanol–water partition coefficient (Wildman–Crippen LogP) is 4.57. The molecule has 1 heterocycles. The molecule has 5 nitrogen and oxygen atoms in total. The summed E-state index contributed by atoms with van der Waals surface area (Å²) < 4.78 is 6.56. The molecule has 0 bridgehead atoms. The number of thioether (sulfide) groups is 1. The van der Waals surface area contributed by atoms with Gasteiger partial charge >= 0.3 is 0 Å². The second kappa shape index (κ2) is 9.05. The van der Waals surface area contributed by atoms with E-state index in [1.807, 2.05) is 19.9 Å². The number of rotatable bonds is 8. The molecule has 0 saturated carbocycles. The fourth-order valence-corrected chi connectivity index (χ4v) is 3.45. The molecule has 1 amide bonds. The maximum atomic E-state index is 12.4. The van der Waals surface area contributed by atoms with Gasteiger partial charge in [0.2, 0.25) is 5.13 Å². The molecule has 0 unspecified atom stereocenters. The van der Waals surface area contributed by atoms with Crippen molar-refractivity contribution in [2.24, 2.45) is 0 Å². The zero-order valence-corrected chi connectivity index (χ0v) is 15.8. The molecule has 2 rings (SSSR count). The zero-order valence-electron chi connectivity index (χ0n) is 13.4. The van der Waals surface area contributed by atoms with E-state index in [4.69, 9.17) is 16.3 Å². The molecular weight excluding hydrogens is 366 g/mol. The van der Waals surface area contributed by atoms with Gasteiger partial charge in [0, 0.05) is 10.8 Å². The number of ether oxygens (including phenoxy) is 1. The van der Waals surface area contributed by atoms with Gasteiger partial charge in [-0.2, -0.15) is 0 Å². The van der Waals surface area contributed by atoms with Crippen molar-refractivity contribution in [3.8, 4) is 5.75 Å². The third-order valence-corrected chi connectivity index (χ3v) is 5.42. The van der Waals surface area contributed by atoms with Crippen LogP contribution in [0.5, 0.6) is 5.75 Å². The summed E-state index contributed by atoms with van der Waals surface area (Å²) in [5, 5.41) is 11.9. The quantitative estimate of drug-likeness (QED) is 0.411. The van der Waals surface area contributed by atoms with E-state index in [1.165, 1.54) is 23.1 Å². The highest BCUT2D eigenvalue weighted by molar-refractivity contribution is 8.01. The molecule has 0 aliphatic rings. The number of aryl methyl sites for hydroxylation is 1. The van der Waals surface area contributed by atoms with E-state index >= 15 is 0 Å². The normalized spacial score (nSPS) is 11.8. The lowest BCUT2D eigenvalue weighted by atomic mass is 10.2. The van der Waals surface area contributed by atoms with Crippen molar-refractivity contribution in [2.45, 2.75) is 30.7 Å². The van der Waals surface area contributed by atoms with Crippen molar-refractivity contribution in [3.63, 3.8) is 0 Å². The van der Waals surface area contributed by atoms with E-state index in [9.17, 15) is 4.79 Å². The Morgan fingerprint density at radius 1 is 1.54 bits per heavy atom. The van der Waals surface area contributed by atoms with Gasteiger partial charge < -0.3 is 4.74 Å². The maximum absolute atomic E-state index is 12.4. The van der Waals surface area contributed by atoms with Gasteiger partial charge in [-0.1, -0.05) is 47.7 Å². The van der Waals surface area contributed by atoms with Gasteiger partial charge in [-0.05, 0) is 37.1 Å². The number of anilines is 1. The van der Waals surface area contributed by atoms with Gasteiger partial charge in [-0.15, -0.1) is 16.8 Å². The summed E-state index contributed by atoms with van der Waals surface area (Å²) in [5.41, 5.74) is 0.900. The van der Waals surface area contributed by atoms with Crippen molar-refractivity contribution in [1.29, 1.82) is 0 Å². The van der Waals surface area contributed by atoms with E-state index in [1.54, 1.807) is 18.2 Å².